The number of carboxylic acids is 1. The van der Waals surface area contributed by atoms with Gasteiger partial charge >= 0.3 is 5.97 Å². The van der Waals surface area contributed by atoms with Gasteiger partial charge in [0.25, 0.3) is 0 Å². The Morgan fingerprint density at radius 1 is 1.10 bits per heavy atom. The summed E-state index contributed by atoms with van der Waals surface area (Å²) in [5, 5.41) is 9.40. The quantitative estimate of drug-likeness (QED) is 0.663. The van der Waals surface area contributed by atoms with Crippen LogP contribution in [0.15, 0.2) is 54.6 Å². The van der Waals surface area contributed by atoms with Gasteiger partial charge in [-0.15, -0.1) is 0 Å². The smallest absolute Gasteiger partial charge is 0.336 e. The number of hydrogen-bond acceptors (Lipinski definition) is 2. The van der Waals surface area contributed by atoms with E-state index in [2.05, 4.69) is 0 Å². The average Bonchev–Trinajstić information content (AvgIpc) is 2.45. The normalized spacial score (nSPS) is 11.5. The van der Waals surface area contributed by atoms with Crippen LogP contribution in [0.5, 0.6) is 5.75 Å². The van der Waals surface area contributed by atoms with Crippen LogP contribution in [0.3, 0.4) is 0 Å². The minimum atomic E-state index is -0.948. The first-order valence-corrected chi connectivity index (χ1v) is 6.83. The van der Waals surface area contributed by atoms with Gasteiger partial charge in [0.1, 0.15) is 5.75 Å². The van der Waals surface area contributed by atoms with Crippen molar-refractivity contribution in [2.75, 3.05) is 0 Å². The Morgan fingerprint density at radius 2 is 1.81 bits per heavy atom. The molecule has 3 nitrogen and oxygen atoms in total. The van der Waals surface area contributed by atoms with Crippen LogP contribution in [0.4, 0.5) is 0 Å². The molecule has 2 rings (SSSR count). The van der Waals surface area contributed by atoms with E-state index in [0.29, 0.717) is 5.56 Å². The van der Waals surface area contributed by atoms with E-state index < -0.39 is 5.97 Å². The van der Waals surface area contributed by atoms with Crippen molar-refractivity contribution in [1.29, 1.82) is 0 Å². The third kappa shape index (κ3) is 4.21. The fourth-order valence-corrected chi connectivity index (χ4v) is 2.00. The first-order valence-electron chi connectivity index (χ1n) is 6.83. The van der Waals surface area contributed by atoms with Crippen LogP contribution in [0.1, 0.15) is 25.0 Å². The number of aliphatic carboxylic acids is 1. The maximum absolute atomic E-state index is 11.5. The molecular weight excluding hydrogens is 264 g/mol. The van der Waals surface area contributed by atoms with E-state index in [0.717, 1.165) is 11.3 Å². The molecule has 0 spiro atoms. The Morgan fingerprint density at radius 3 is 2.43 bits per heavy atom. The molecule has 0 aliphatic carbocycles. The summed E-state index contributed by atoms with van der Waals surface area (Å²) in [5.74, 6) is -0.215. The van der Waals surface area contributed by atoms with Gasteiger partial charge in [-0.2, -0.15) is 0 Å². The summed E-state index contributed by atoms with van der Waals surface area (Å²) in [4.78, 5) is 11.5. The highest BCUT2D eigenvalue weighted by molar-refractivity contribution is 6.20. The molecule has 2 aromatic carbocycles. The van der Waals surface area contributed by atoms with Gasteiger partial charge in [-0.3, -0.25) is 0 Å². The SMILES string of the molecule is CC(C)Oc1cccc(/C=C(/C(=O)O)c2ccccc2)c1. The topological polar surface area (TPSA) is 46.5 Å². The second-order valence-corrected chi connectivity index (χ2v) is 4.97. The Labute approximate surface area is 124 Å². The van der Waals surface area contributed by atoms with Crippen molar-refractivity contribution >= 4 is 17.6 Å². The van der Waals surface area contributed by atoms with E-state index in [-0.39, 0.29) is 11.7 Å². The first-order chi connectivity index (χ1) is 10.1. The monoisotopic (exact) mass is 282 g/mol. The molecule has 0 aliphatic rings. The molecule has 0 unspecified atom stereocenters. The standard InChI is InChI=1S/C18H18O3/c1-13(2)21-16-10-6-7-14(11-16)12-17(18(19)20)15-8-4-3-5-9-15/h3-13H,1-2H3,(H,19,20)/b17-12+. The Kier molecular flexibility index (Phi) is 4.77. The van der Waals surface area contributed by atoms with Crippen LogP contribution in [0.25, 0.3) is 11.6 Å². The molecule has 0 atom stereocenters. The molecule has 0 heterocycles. The van der Waals surface area contributed by atoms with Crippen molar-refractivity contribution in [3.63, 3.8) is 0 Å². The van der Waals surface area contributed by atoms with Crippen LogP contribution < -0.4 is 4.74 Å². The lowest BCUT2D eigenvalue weighted by Crippen LogP contribution is -2.05. The summed E-state index contributed by atoms with van der Waals surface area (Å²) in [6.45, 7) is 3.91. The molecule has 1 N–H and O–H groups in total. The minimum absolute atomic E-state index is 0.0808. The van der Waals surface area contributed by atoms with Crippen LogP contribution >= 0.6 is 0 Å². The Hall–Kier alpha value is -2.55. The molecule has 2 aromatic rings. The average molecular weight is 282 g/mol. The summed E-state index contributed by atoms with van der Waals surface area (Å²) in [6.07, 6.45) is 1.74. The lowest BCUT2D eigenvalue weighted by atomic mass is 10.0. The molecule has 0 fully saturated rings. The number of carbonyl (C=O) groups is 1. The van der Waals surface area contributed by atoms with Crippen molar-refractivity contribution in [2.24, 2.45) is 0 Å². The van der Waals surface area contributed by atoms with E-state index in [1.165, 1.54) is 0 Å². The minimum Gasteiger partial charge on any atom is -0.491 e. The third-order valence-electron chi connectivity index (χ3n) is 2.86. The molecule has 0 saturated carbocycles. The van der Waals surface area contributed by atoms with Crippen LogP contribution in [0, 0.1) is 0 Å². The fourth-order valence-electron chi connectivity index (χ4n) is 2.00. The Bertz CT molecular complexity index is 643. The molecule has 0 saturated heterocycles. The molecule has 0 aliphatic heterocycles. The van der Waals surface area contributed by atoms with Crippen molar-refractivity contribution in [2.45, 2.75) is 20.0 Å². The second-order valence-electron chi connectivity index (χ2n) is 4.97. The molecule has 0 bridgehead atoms. The van der Waals surface area contributed by atoms with Gasteiger partial charge < -0.3 is 9.84 Å². The van der Waals surface area contributed by atoms with Crippen LogP contribution in [-0.2, 0) is 4.79 Å². The largest absolute Gasteiger partial charge is 0.491 e. The molecule has 0 amide bonds. The highest BCUT2D eigenvalue weighted by Gasteiger charge is 2.10. The highest BCUT2D eigenvalue weighted by Crippen LogP contribution is 2.21. The predicted octanol–water partition coefficient (Wildman–Crippen LogP) is 4.10. The lowest BCUT2D eigenvalue weighted by molar-refractivity contribution is -0.130. The van der Waals surface area contributed by atoms with Gasteiger partial charge in [-0.25, -0.2) is 4.79 Å². The third-order valence-corrected chi connectivity index (χ3v) is 2.86. The van der Waals surface area contributed by atoms with Crippen molar-refractivity contribution in [3.8, 4) is 5.75 Å². The van der Waals surface area contributed by atoms with Crippen molar-refractivity contribution in [3.05, 3.63) is 65.7 Å². The predicted molar refractivity (Wildman–Crippen MR) is 84.2 cm³/mol. The lowest BCUT2D eigenvalue weighted by Gasteiger charge is -2.10. The maximum Gasteiger partial charge on any atom is 0.336 e. The molecular formula is C18H18O3. The molecule has 0 radical (unpaired) electrons. The fraction of sp³-hybridized carbons (Fsp3) is 0.167. The van der Waals surface area contributed by atoms with Crippen molar-refractivity contribution < 1.29 is 14.6 Å². The summed E-state index contributed by atoms with van der Waals surface area (Å²) in [7, 11) is 0. The van der Waals surface area contributed by atoms with E-state index in [4.69, 9.17) is 4.74 Å². The molecule has 21 heavy (non-hydrogen) atoms. The summed E-state index contributed by atoms with van der Waals surface area (Å²) >= 11 is 0. The summed E-state index contributed by atoms with van der Waals surface area (Å²) < 4.78 is 5.63. The van der Waals surface area contributed by atoms with Gasteiger partial charge in [0, 0.05) is 0 Å². The Balaban J connectivity index is 2.37. The van der Waals surface area contributed by atoms with E-state index >= 15 is 0 Å². The number of hydrogen-bond donors (Lipinski definition) is 1. The maximum atomic E-state index is 11.5. The zero-order valence-corrected chi connectivity index (χ0v) is 12.1. The van der Waals surface area contributed by atoms with Crippen LogP contribution in [-0.4, -0.2) is 17.2 Å². The van der Waals surface area contributed by atoms with Gasteiger partial charge in [-0.05, 0) is 43.2 Å². The van der Waals surface area contributed by atoms with Crippen LogP contribution in [0.2, 0.25) is 0 Å². The van der Waals surface area contributed by atoms with E-state index in [1.54, 1.807) is 18.2 Å². The molecule has 0 aromatic heterocycles. The highest BCUT2D eigenvalue weighted by atomic mass is 16.5. The van der Waals surface area contributed by atoms with Crippen molar-refractivity contribution in [1.82, 2.24) is 0 Å². The molecule has 3 heteroatoms. The number of rotatable bonds is 5. The number of carboxylic acid groups (broad SMARTS) is 1. The van der Waals surface area contributed by atoms with Gasteiger partial charge in [0.15, 0.2) is 0 Å². The first kappa shape index (κ1) is 14.9. The zero-order chi connectivity index (χ0) is 15.2. The number of ether oxygens (including phenoxy) is 1. The molecule has 108 valence electrons. The second kappa shape index (κ2) is 6.75. The number of benzene rings is 2. The van der Waals surface area contributed by atoms with Gasteiger partial charge in [0.2, 0.25) is 0 Å². The summed E-state index contributed by atoms with van der Waals surface area (Å²) in [6, 6.07) is 16.5. The van der Waals surface area contributed by atoms with Gasteiger partial charge in [-0.1, -0.05) is 42.5 Å². The van der Waals surface area contributed by atoms with E-state index in [9.17, 15) is 9.90 Å². The van der Waals surface area contributed by atoms with Gasteiger partial charge in [0.05, 0.1) is 11.7 Å². The van der Waals surface area contributed by atoms with E-state index in [1.807, 2.05) is 56.3 Å². The zero-order valence-electron chi connectivity index (χ0n) is 12.1. The summed E-state index contributed by atoms with van der Waals surface area (Å²) in [5.41, 5.74) is 1.74.